The van der Waals surface area contributed by atoms with Crippen molar-refractivity contribution in [3.8, 4) is 0 Å². The lowest BCUT2D eigenvalue weighted by atomic mass is 9.98. The summed E-state index contributed by atoms with van der Waals surface area (Å²) in [7, 11) is 0. The summed E-state index contributed by atoms with van der Waals surface area (Å²) >= 11 is 1.38. The van der Waals surface area contributed by atoms with Crippen LogP contribution in [0.5, 0.6) is 0 Å². The van der Waals surface area contributed by atoms with E-state index in [0.29, 0.717) is 17.7 Å². The highest BCUT2D eigenvalue weighted by Gasteiger charge is 2.28. The number of benzene rings is 1. The normalized spacial score (nSPS) is 14.3. The second-order valence-corrected chi connectivity index (χ2v) is 7.11. The van der Waals surface area contributed by atoms with E-state index >= 15 is 0 Å². The quantitative estimate of drug-likeness (QED) is 0.823. The first kappa shape index (κ1) is 16.0. The number of carbonyl (C=O) groups is 1. The zero-order chi connectivity index (χ0) is 16.4. The summed E-state index contributed by atoms with van der Waals surface area (Å²) in [6.45, 7) is 6.27. The van der Waals surface area contributed by atoms with Gasteiger partial charge in [0.2, 0.25) is 11.1 Å². The zero-order valence-electron chi connectivity index (χ0n) is 13.6. The minimum absolute atomic E-state index is 0.0310. The van der Waals surface area contributed by atoms with E-state index < -0.39 is 0 Å². The van der Waals surface area contributed by atoms with E-state index in [2.05, 4.69) is 40.8 Å². The van der Waals surface area contributed by atoms with Crippen molar-refractivity contribution < 1.29 is 4.79 Å². The van der Waals surface area contributed by atoms with E-state index in [1.54, 1.807) is 0 Å². The summed E-state index contributed by atoms with van der Waals surface area (Å²) in [4.78, 5) is 12.3. The molecule has 1 amide bonds. The Bertz CT molecular complexity index is 708. The van der Waals surface area contributed by atoms with Gasteiger partial charge in [0.1, 0.15) is 0 Å². The van der Waals surface area contributed by atoms with Crippen molar-refractivity contribution in [1.29, 1.82) is 0 Å². The lowest BCUT2D eigenvalue weighted by Gasteiger charge is -2.16. The van der Waals surface area contributed by atoms with Crippen LogP contribution in [0, 0.1) is 6.92 Å². The lowest BCUT2D eigenvalue weighted by molar-refractivity contribution is -0.113. The first-order valence-electron chi connectivity index (χ1n) is 7.86. The number of hydrogen-bond acceptors (Lipinski definition) is 5. The summed E-state index contributed by atoms with van der Waals surface area (Å²) in [5.74, 6) is 0.635. The van der Waals surface area contributed by atoms with Gasteiger partial charge in [-0.3, -0.25) is 4.79 Å². The van der Waals surface area contributed by atoms with Crippen LogP contribution in [0.1, 0.15) is 49.8 Å². The number of nitrogens with one attached hydrogen (secondary N) is 1. The smallest absolute Gasteiger partial charge is 0.234 e. The van der Waals surface area contributed by atoms with Crippen LogP contribution >= 0.6 is 11.8 Å². The predicted molar refractivity (Wildman–Crippen MR) is 90.7 cm³/mol. The molecular weight excluding hydrogens is 310 g/mol. The van der Waals surface area contributed by atoms with E-state index in [-0.39, 0.29) is 5.91 Å². The summed E-state index contributed by atoms with van der Waals surface area (Å²) < 4.78 is 1.82. The van der Waals surface area contributed by atoms with Crippen LogP contribution in [0.3, 0.4) is 0 Å². The minimum Gasteiger partial charge on any atom is -0.325 e. The van der Waals surface area contributed by atoms with Crippen LogP contribution in [-0.2, 0) is 4.79 Å². The van der Waals surface area contributed by atoms with E-state index in [4.69, 9.17) is 0 Å². The van der Waals surface area contributed by atoms with Crippen LogP contribution in [-0.4, -0.2) is 31.9 Å². The van der Waals surface area contributed by atoms with Crippen LogP contribution in [0.4, 0.5) is 5.69 Å². The van der Waals surface area contributed by atoms with Gasteiger partial charge in [0.05, 0.1) is 11.8 Å². The molecule has 2 aromatic rings. The number of anilines is 1. The molecule has 0 saturated heterocycles. The number of tetrazole rings is 1. The Morgan fingerprint density at radius 3 is 2.91 bits per heavy atom. The van der Waals surface area contributed by atoms with Gasteiger partial charge in [-0.15, -0.1) is 5.10 Å². The molecule has 3 rings (SSSR count). The van der Waals surface area contributed by atoms with Gasteiger partial charge in [-0.05, 0) is 47.2 Å². The standard InChI is InChI=1S/C16H21N5OS/c1-10(2)13-6-4-5-11(3)15(13)17-14(22)9-23-16-18-19-20-21(16)12-7-8-12/h4-6,10,12H,7-9H2,1-3H3,(H,17,22). The van der Waals surface area contributed by atoms with Gasteiger partial charge >= 0.3 is 0 Å². The molecule has 0 bridgehead atoms. The highest BCUT2D eigenvalue weighted by atomic mass is 32.2. The Labute approximate surface area is 140 Å². The van der Waals surface area contributed by atoms with Crippen molar-refractivity contribution >= 4 is 23.4 Å². The van der Waals surface area contributed by atoms with Crippen molar-refractivity contribution in [3.63, 3.8) is 0 Å². The van der Waals surface area contributed by atoms with Crippen LogP contribution in [0.2, 0.25) is 0 Å². The Morgan fingerprint density at radius 2 is 2.22 bits per heavy atom. The molecule has 122 valence electrons. The second kappa shape index (κ2) is 6.70. The molecule has 1 fully saturated rings. The van der Waals surface area contributed by atoms with Gasteiger partial charge in [-0.2, -0.15) is 0 Å². The summed E-state index contributed by atoms with van der Waals surface area (Å²) in [5, 5.41) is 15.5. The van der Waals surface area contributed by atoms with E-state index in [9.17, 15) is 4.79 Å². The SMILES string of the molecule is Cc1cccc(C(C)C)c1NC(=O)CSc1nnnn1C1CC1. The molecule has 6 nitrogen and oxygen atoms in total. The molecule has 23 heavy (non-hydrogen) atoms. The van der Waals surface area contributed by atoms with E-state index in [1.807, 2.05) is 23.7 Å². The predicted octanol–water partition coefficient (Wildman–Crippen LogP) is 3.17. The molecule has 0 aliphatic heterocycles. The van der Waals surface area contributed by atoms with Gasteiger partial charge in [0, 0.05) is 5.69 Å². The summed E-state index contributed by atoms with van der Waals surface area (Å²) in [5.41, 5.74) is 3.17. The number of aryl methyl sites for hydroxylation is 1. The fourth-order valence-electron chi connectivity index (χ4n) is 2.48. The van der Waals surface area contributed by atoms with Gasteiger partial charge in [-0.25, -0.2) is 4.68 Å². The lowest BCUT2D eigenvalue weighted by Crippen LogP contribution is -2.17. The maximum absolute atomic E-state index is 12.3. The van der Waals surface area contributed by atoms with Crippen molar-refractivity contribution in [2.75, 3.05) is 11.1 Å². The molecule has 1 heterocycles. The molecule has 1 saturated carbocycles. The average molecular weight is 331 g/mol. The number of amides is 1. The highest BCUT2D eigenvalue weighted by molar-refractivity contribution is 7.99. The maximum Gasteiger partial charge on any atom is 0.234 e. The molecule has 1 aromatic heterocycles. The first-order valence-corrected chi connectivity index (χ1v) is 8.85. The Hall–Kier alpha value is -1.89. The first-order chi connectivity index (χ1) is 11.1. The van der Waals surface area contributed by atoms with Crippen molar-refractivity contribution in [3.05, 3.63) is 29.3 Å². The highest BCUT2D eigenvalue weighted by Crippen LogP contribution is 2.36. The number of aromatic nitrogens is 4. The Kier molecular flexibility index (Phi) is 4.66. The Morgan fingerprint density at radius 1 is 1.43 bits per heavy atom. The number of thioether (sulfide) groups is 1. The fraction of sp³-hybridized carbons (Fsp3) is 0.500. The van der Waals surface area contributed by atoms with E-state index in [1.165, 1.54) is 11.8 Å². The fourth-order valence-corrected chi connectivity index (χ4v) is 3.22. The maximum atomic E-state index is 12.3. The van der Waals surface area contributed by atoms with Gasteiger partial charge in [0.15, 0.2) is 0 Å². The number of para-hydroxylation sites is 1. The second-order valence-electron chi connectivity index (χ2n) is 6.17. The van der Waals surface area contributed by atoms with Crippen molar-refractivity contribution in [2.45, 2.75) is 50.7 Å². The molecule has 0 radical (unpaired) electrons. The van der Waals surface area contributed by atoms with Crippen LogP contribution in [0.15, 0.2) is 23.4 Å². The molecule has 1 aliphatic carbocycles. The molecule has 0 atom stereocenters. The largest absolute Gasteiger partial charge is 0.325 e. The van der Waals surface area contributed by atoms with Gasteiger partial charge < -0.3 is 5.32 Å². The third-order valence-corrected chi connectivity index (χ3v) is 4.81. The summed E-state index contributed by atoms with van der Waals surface area (Å²) in [6, 6.07) is 6.52. The number of rotatable bonds is 6. The zero-order valence-corrected chi connectivity index (χ0v) is 14.4. The number of hydrogen-bond donors (Lipinski definition) is 1. The van der Waals surface area contributed by atoms with Crippen molar-refractivity contribution in [2.24, 2.45) is 0 Å². The van der Waals surface area contributed by atoms with Crippen LogP contribution in [0.25, 0.3) is 0 Å². The molecule has 1 aromatic carbocycles. The van der Waals surface area contributed by atoms with Crippen molar-refractivity contribution in [1.82, 2.24) is 20.2 Å². The molecule has 1 aliphatic rings. The summed E-state index contributed by atoms with van der Waals surface area (Å²) in [6.07, 6.45) is 2.23. The number of carbonyl (C=O) groups excluding carboxylic acids is 1. The average Bonchev–Trinajstić information content (AvgIpc) is 3.25. The molecule has 1 N–H and O–H groups in total. The van der Waals surface area contributed by atoms with Gasteiger partial charge in [-0.1, -0.05) is 43.8 Å². The van der Waals surface area contributed by atoms with Gasteiger partial charge in [0.25, 0.3) is 0 Å². The number of nitrogens with zero attached hydrogens (tertiary/aromatic N) is 4. The molecular formula is C16H21N5OS. The van der Waals surface area contributed by atoms with E-state index in [0.717, 1.165) is 34.8 Å². The molecule has 7 heteroatoms. The monoisotopic (exact) mass is 331 g/mol. The third-order valence-electron chi connectivity index (χ3n) is 3.88. The molecule has 0 spiro atoms. The topological polar surface area (TPSA) is 72.7 Å². The van der Waals surface area contributed by atoms with Crippen LogP contribution < -0.4 is 5.32 Å². The minimum atomic E-state index is -0.0310. The Balaban J connectivity index is 1.65. The third kappa shape index (κ3) is 3.72. The molecule has 0 unspecified atom stereocenters.